The highest BCUT2D eigenvalue weighted by molar-refractivity contribution is 5.92. The van der Waals surface area contributed by atoms with Gasteiger partial charge in [0, 0.05) is 6.54 Å². The van der Waals surface area contributed by atoms with Crippen LogP contribution in [-0.4, -0.2) is 60.2 Å². The lowest BCUT2D eigenvalue weighted by molar-refractivity contribution is -0.142. The molecule has 0 aromatic heterocycles. The van der Waals surface area contributed by atoms with Gasteiger partial charge in [-0.3, -0.25) is 9.59 Å². The minimum absolute atomic E-state index is 0.114. The van der Waals surface area contributed by atoms with Crippen LogP contribution in [0.5, 0.6) is 0 Å². The van der Waals surface area contributed by atoms with Crippen LogP contribution in [0.4, 0.5) is 4.79 Å². The maximum atomic E-state index is 12.7. The molecule has 3 amide bonds. The van der Waals surface area contributed by atoms with E-state index >= 15 is 0 Å². The van der Waals surface area contributed by atoms with E-state index in [1.807, 2.05) is 30.3 Å². The number of alkyl carbamates (subject to hydrolysis) is 1. The number of amides is 3. The molecule has 5 N–H and O–H groups in total. The molecule has 1 heterocycles. The number of ether oxygens (including phenoxy) is 1. The first-order valence-corrected chi connectivity index (χ1v) is 11.3. The molecule has 1 saturated heterocycles. The zero-order valence-corrected chi connectivity index (χ0v) is 19.1. The van der Waals surface area contributed by atoms with Gasteiger partial charge in [0.25, 0.3) is 0 Å². The first kappa shape index (κ1) is 26.1. The Morgan fingerprint density at radius 2 is 1.88 bits per heavy atom. The SMILES string of the molecule is CC(C)C(NC(=O)[C@H]1CCCN1)C(=O)NC(CCCNC(=O)OCc1ccccc1)C(=O)O. The Labute approximate surface area is 193 Å². The van der Waals surface area contributed by atoms with Crippen LogP contribution in [0.1, 0.15) is 45.1 Å². The van der Waals surface area contributed by atoms with Crippen LogP contribution < -0.4 is 21.3 Å². The predicted molar refractivity (Wildman–Crippen MR) is 121 cm³/mol. The van der Waals surface area contributed by atoms with E-state index in [4.69, 9.17) is 4.74 Å². The van der Waals surface area contributed by atoms with Gasteiger partial charge in [-0.05, 0) is 43.7 Å². The third-order valence-corrected chi connectivity index (χ3v) is 5.39. The number of nitrogens with one attached hydrogen (secondary N) is 4. The van der Waals surface area contributed by atoms with Crippen molar-refractivity contribution in [2.45, 2.75) is 64.3 Å². The summed E-state index contributed by atoms with van der Waals surface area (Å²) in [6, 6.07) is 6.92. The first-order valence-electron chi connectivity index (χ1n) is 11.3. The van der Waals surface area contributed by atoms with Gasteiger partial charge in [-0.2, -0.15) is 0 Å². The van der Waals surface area contributed by atoms with E-state index in [9.17, 15) is 24.3 Å². The highest BCUT2D eigenvalue weighted by Gasteiger charge is 2.31. The number of carbonyl (C=O) groups excluding carboxylic acids is 3. The second kappa shape index (κ2) is 13.4. The Balaban J connectivity index is 1.76. The van der Waals surface area contributed by atoms with E-state index in [1.165, 1.54) is 0 Å². The number of benzene rings is 1. The van der Waals surface area contributed by atoms with Gasteiger partial charge >= 0.3 is 12.1 Å². The van der Waals surface area contributed by atoms with Crippen molar-refractivity contribution in [1.82, 2.24) is 21.3 Å². The van der Waals surface area contributed by atoms with E-state index in [2.05, 4.69) is 21.3 Å². The molecule has 0 saturated carbocycles. The topological polar surface area (TPSA) is 146 Å². The summed E-state index contributed by atoms with van der Waals surface area (Å²) in [4.78, 5) is 48.5. The fraction of sp³-hybridized carbons (Fsp3) is 0.565. The molecule has 0 aliphatic carbocycles. The van der Waals surface area contributed by atoms with Gasteiger partial charge in [0.15, 0.2) is 0 Å². The maximum Gasteiger partial charge on any atom is 0.407 e. The van der Waals surface area contributed by atoms with Gasteiger partial charge in [0.1, 0.15) is 18.7 Å². The molecule has 1 aromatic carbocycles. The largest absolute Gasteiger partial charge is 0.480 e. The number of hydrogen-bond acceptors (Lipinski definition) is 6. The number of hydrogen-bond donors (Lipinski definition) is 5. The number of rotatable bonds is 12. The number of carboxylic acid groups (broad SMARTS) is 1. The van der Waals surface area contributed by atoms with Crippen molar-refractivity contribution in [2.75, 3.05) is 13.1 Å². The molecule has 10 nitrogen and oxygen atoms in total. The normalized spacial score (nSPS) is 17.1. The van der Waals surface area contributed by atoms with E-state index < -0.39 is 30.1 Å². The molecule has 0 spiro atoms. The van der Waals surface area contributed by atoms with Crippen molar-refractivity contribution >= 4 is 23.9 Å². The van der Waals surface area contributed by atoms with E-state index in [1.54, 1.807) is 13.8 Å². The minimum Gasteiger partial charge on any atom is -0.480 e. The second-order valence-electron chi connectivity index (χ2n) is 8.41. The summed E-state index contributed by atoms with van der Waals surface area (Å²) in [5.74, 6) is -2.20. The monoisotopic (exact) mass is 462 g/mol. The summed E-state index contributed by atoms with van der Waals surface area (Å²) in [6.45, 7) is 4.66. The molecule has 182 valence electrons. The summed E-state index contributed by atoms with van der Waals surface area (Å²) >= 11 is 0. The van der Waals surface area contributed by atoms with Crippen molar-refractivity contribution in [2.24, 2.45) is 5.92 Å². The number of carboxylic acids is 1. The van der Waals surface area contributed by atoms with Gasteiger partial charge in [-0.25, -0.2) is 9.59 Å². The molecule has 0 radical (unpaired) electrons. The van der Waals surface area contributed by atoms with Crippen LogP contribution >= 0.6 is 0 Å². The first-order chi connectivity index (χ1) is 15.8. The van der Waals surface area contributed by atoms with Gasteiger partial charge in [0.2, 0.25) is 11.8 Å². The number of aliphatic carboxylic acids is 1. The summed E-state index contributed by atoms with van der Waals surface area (Å²) < 4.78 is 5.10. The Bertz CT molecular complexity index is 795. The third kappa shape index (κ3) is 9.09. The molecule has 1 fully saturated rings. The van der Waals surface area contributed by atoms with Gasteiger partial charge in [0.05, 0.1) is 6.04 Å². The van der Waals surface area contributed by atoms with Crippen molar-refractivity contribution in [3.63, 3.8) is 0 Å². The Morgan fingerprint density at radius 3 is 2.48 bits per heavy atom. The lowest BCUT2D eigenvalue weighted by Gasteiger charge is -2.25. The molecule has 33 heavy (non-hydrogen) atoms. The molecule has 3 atom stereocenters. The fourth-order valence-electron chi connectivity index (χ4n) is 3.49. The fourth-order valence-corrected chi connectivity index (χ4v) is 3.49. The average Bonchev–Trinajstić information content (AvgIpc) is 3.33. The lowest BCUT2D eigenvalue weighted by atomic mass is 10.0. The maximum absolute atomic E-state index is 12.7. The van der Waals surface area contributed by atoms with Gasteiger partial charge in [-0.15, -0.1) is 0 Å². The van der Waals surface area contributed by atoms with Crippen molar-refractivity contribution in [1.29, 1.82) is 0 Å². The van der Waals surface area contributed by atoms with Crippen LogP contribution in [0.25, 0.3) is 0 Å². The molecular weight excluding hydrogens is 428 g/mol. The van der Waals surface area contributed by atoms with E-state index in [-0.39, 0.29) is 37.4 Å². The zero-order chi connectivity index (χ0) is 24.2. The lowest BCUT2D eigenvalue weighted by Crippen LogP contribution is -2.56. The second-order valence-corrected chi connectivity index (χ2v) is 8.41. The third-order valence-electron chi connectivity index (χ3n) is 5.39. The Morgan fingerprint density at radius 1 is 1.15 bits per heavy atom. The number of carbonyl (C=O) groups is 4. The van der Waals surface area contributed by atoms with Gasteiger partial charge in [-0.1, -0.05) is 44.2 Å². The van der Waals surface area contributed by atoms with Crippen LogP contribution in [-0.2, 0) is 25.7 Å². The van der Waals surface area contributed by atoms with E-state index in [0.29, 0.717) is 12.8 Å². The summed E-state index contributed by atoms with van der Waals surface area (Å²) in [5, 5.41) is 20.4. The highest BCUT2D eigenvalue weighted by atomic mass is 16.5. The average molecular weight is 463 g/mol. The van der Waals surface area contributed by atoms with Crippen LogP contribution in [0, 0.1) is 5.92 Å². The van der Waals surface area contributed by atoms with Crippen LogP contribution in [0.3, 0.4) is 0 Å². The summed E-state index contributed by atoms with van der Waals surface area (Å²) in [7, 11) is 0. The molecule has 1 aromatic rings. The van der Waals surface area contributed by atoms with Crippen molar-refractivity contribution in [3.05, 3.63) is 35.9 Å². The quantitative estimate of drug-likeness (QED) is 0.293. The summed E-state index contributed by atoms with van der Waals surface area (Å²) in [5.41, 5.74) is 0.858. The standard InChI is InChI=1S/C23H34N4O6/c1-15(2)19(27-20(28)17-10-6-12-24-17)21(29)26-18(22(30)31)11-7-13-25-23(32)33-14-16-8-4-3-5-9-16/h3-5,8-9,15,17-19,24H,6-7,10-14H2,1-2H3,(H,25,32)(H,26,29)(H,27,28)(H,30,31)/t17-,18?,19?/m1/s1. The molecule has 2 unspecified atom stereocenters. The molecule has 1 aliphatic heterocycles. The Kier molecular flexibility index (Phi) is 10.6. The van der Waals surface area contributed by atoms with Crippen LogP contribution in [0.2, 0.25) is 0 Å². The molecule has 2 rings (SSSR count). The molecule has 10 heteroatoms. The Hall–Kier alpha value is -3.14. The highest BCUT2D eigenvalue weighted by Crippen LogP contribution is 2.09. The minimum atomic E-state index is -1.18. The zero-order valence-electron chi connectivity index (χ0n) is 19.1. The summed E-state index contributed by atoms with van der Waals surface area (Å²) in [6.07, 6.45) is 1.44. The van der Waals surface area contributed by atoms with Crippen LogP contribution in [0.15, 0.2) is 30.3 Å². The van der Waals surface area contributed by atoms with Crippen molar-refractivity contribution < 1.29 is 29.0 Å². The smallest absolute Gasteiger partial charge is 0.407 e. The predicted octanol–water partition coefficient (Wildman–Crippen LogP) is 1.16. The van der Waals surface area contributed by atoms with Crippen molar-refractivity contribution in [3.8, 4) is 0 Å². The van der Waals surface area contributed by atoms with E-state index in [0.717, 1.165) is 18.5 Å². The van der Waals surface area contributed by atoms with Gasteiger partial charge < -0.3 is 31.1 Å². The molecule has 0 bridgehead atoms. The molecular formula is C23H34N4O6. The molecule has 1 aliphatic rings.